The zero-order valence-electron chi connectivity index (χ0n) is 14.0. The molecule has 1 aromatic heterocycles. The van der Waals surface area contributed by atoms with Crippen molar-refractivity contribution >= 4 is 0 Å². The third-order valence-corrected chi connectivity index (χ3v) is 5.28. The van der Waals surface area contributed by atoms with Crippen LogP contribution in [0.4, 0.5) is 0 Å². The van der Waals surface area contributed by atoms with Crippen molar-refractivity contribution in [3.05, 3.63) is 18.0 Å². The molecular weight excluding hydrogens is 260 g/mol. The average molecular weight is 290 g/mol. The highest BCUT2D eigenvalue weighted by Gasteiger charge is 2.43. The van der Waals surface area contributed by atoms with Crippen LogP contribution in [-0.2, 0) is 6.54 Å². The van der Waals surface area contributed by atoms with Crippen LogP contribution in [0.5, 0.6) is 0 Å². The van der Waals surface area contributed by atoms with E-state index in [0.29, 0.717) is 17.6 Å². The monoisotopic (exact) mass is 290 g/mol. The summed E-state index contributed by atoms with van der Waals surface area (Å²) in [5.74, 6) is 0.874. The predicted octanol–water partition coefficient (Wildman–Crippen LogP) is 2.82. The van der Waals surface area contributed by atoms with Gasteiger partial charge in [0.25, 0.3) is 0 Å². The highest BCUT2D eigenvalue weighted by Crippen LogP contribution is 2.41. The summed E-state index contributed by atoms with van der Waals surface area (Å²) in [5, 5.41) is 8.55. The maximum absolute atomic E-state index is 4.73. The van der Waals surface area contributed by atoms with Crippen molar-refractivity contribution < 1.29 is 0 Å². The average Bonchev–Trinajstić information content (AvgIpc) is 3.19. The lowest BCUT2D eigenvalue weighted by atomic mass is 9.95. The molecule has 21 heavy (non-hydrogen) atoms. The summed E-state index contributed by atoms with van der Waals surface area (Å²) in [6.45, 7) is 12.4. The summed E-state index contributed by atoms with van der Waals surface area (Å²) in [6.07, 6.45) is 6.13. The Morgan fingerprint density at radius 1 is 1.38 bits per heavy atom. The van der Waals surface area contributed by atoms with E-state index in [2.05, 4.69) is 54.9 Å². The Kier molecular flexibility index (Phi) is 4.10. The van der Waals surface area contributed by atoms with E-state index in [9.17, 15) is 0 Å². The molecule has 0 amide bonds. The van der Waals surface area contributed by atoms with Crippen LogP contribution < -0.4 is 5.32 Å². The number of nitrogens with one attached hydrogen (secondary N) is 1. The van der Waals surface area contributed by atoms with E-state index in [0.717, 1.165) is 25.6 Å². The van der Waals surface area contributed by atoms with Gasteiger partial charge in [0.1, 0.15) is 0 Å². The first-order chi connectivity index (χ1) is 9.98. The van der Waals surface area contributed by atoms with Gasteiger partial charge in [0.15, 0.2) is 0 Å². The molecule has 3 rings (SSSR count). The summed E-state index contributed by atoms with van der Waals surface area (Å²) in [7, 11) is 0. The first-order valence-electron chi connectivity index (χ1n) is 8.51. The normalized spacial score (nSPS) is 31.6. The topological polar surface area (TPSA) is 33.1 Å². The Morgan fingerprint density at radius 3 is 2.76 bits per heavy atom. The minimum atomic E-state index is 0.297. The van der Waals surface area contributed by atoms with Crippen molar-refractivity contribution in [3.8, 4) is 0 Å². The number of aromatic nitrogens is 2. The molecule has 2 atom stereocenters. The molecule has 0 spiro atoms. The fourth-order valence-electron chi connectivity index (χ4n) is 3.55. The molecule has 4 nitrogen and oxygen atoms in total. The van der Waals surface area contributed by atoms with Crippen molar-refractivity contribution in [1.82, 2.24) is 20.0 Å². The Morgan fingerprint density at radius 2 is 2.14 bits per heavy atom. The summed E-state index contributed by atoms with van der Waals surface area (Å²) in [4.78, 5) is 2.63. The molecule has 1 saturated carbocycles. The first-order valence-corrected chi connectivity index (χ1v) is 8.51. The minimum Gasteiger partial charge on any atom is -0.310 e. The lowest BCUT2D eigenvalue weighted by Gasteiger charge is -2.35. The summed E-state index contributed by atoms with van der Waals surface area (Å²) in [6, 6.07) is 3.25. The van der Waals surface area contributed by atoms with Crippen LogP contribution in [0.3, 0.4) is 0 Å². The fraction of sp³-hybridized carbons (Fsp3) is 0.824. The molecular formula is C17H30N4. The van der Waals surface area contributed by atoms with Gasteiger partial charge in [-0.05, 0) is 65.5 Å². The van der Waals surface area contributed by atoms with Crippen LogP contribution in [-0.4, -0.2) is 39.4 Å². The first kappa shape index (κ1) is 15.0. The second-order valence-corrected chi connectivity index (χ2v) is 7.54. The number of nitrogens with zero attached hydrogens (tertiary/aromatic N) is 3. The lowest BCUT2D eigenvalue weighted by Crippen LogP contribution is -2.51. The standard InChI is InChI=1S/C17H30N4/c1-13(2)21-10-8-16(19-21)11-20-12-17(4,15-5-6-15)18-9-7-14(20)3/h8,10,13-15,18H,5-7,9,11-12H2,1-4H3. The van der Waals surface area contributed by atoms with Gasteiger partial charge in [-0.15, -0.1) is 0 Å². The van der Waals surface area contributed by atoms with E-state index < -0.39 is 0 Å². The predicted molar refractivity (Wildman–Crippen MR) is 86.2 cm³/mol. The van der Waals surface area contributed by atoms with E-state index in [-0.39, 0.29) is 0 Å². The van der Waals surface area contributed by atoms with Gasteiger partial charge in [-0.25, -0.2) is 0 Å². The van der Waals surface area contributed by atoms with Crippen molar-refractivity contribution in [1.29, 1.82) is 0 Å². The Bertz CT molecular complexity index is 477. The van der Waals surface area contributed by atoms with Crippen LogP contribution in [0.1, 0.15) is 58.7 Å². The molecule has 0 bridgehead atoms. The highest BCUT2D eigenvalue weighted by molar-refractivity contribution is 5.05. The van der Waals surface area contributed by atoms with E-state index in [1.165, 1.54) is 25.0 Å². The highest BCUT2D eigenvalue weighted by atomic mass is 15.3. The van der Waals surface area contributed by atoms with Crippen LogP contribution in [0, 0.1) is 5.92 Å². The fourth-order valence-corrected chi connectivity index (χ4v) is 3.55. The molecule has 2 fully saturated rings. The molecule has 0 aromatic carbocycles. The summed E-state index contributed by atoms with van der Waals surface area (Å²) >= 11 is 0. The smallest absolute Gasteiger partial charge is 0.0765 e. The summed E-state index contributed by atoms with van der Waals surface area (Å²) < 4.78 is 2.07. The van der Waals surface area contributed by atoms with Crippen LogP contribution >= 0.6 is 0 Å². The quantitative estimate of drug-likeness (QED) is 0.925. The van der Waals surface area contributed by atoms with Crippen LogP contribution in [0.25, 0.3) is 0 Å². The maximum atomic E-state index is 4.73. The van der Waals surface area contributed by atoms with Crippen molar-refractivity contribution in [2.75, 3.05) is 13.1 Å². The van der Waals surface area contributed by atoms with Gasteiger partial charge in [0.2, 0.25) is 0 Å². The van der Waals surface area contributed by atoms with Gasteiger partial charge in [-0.1, -0.05) is 0 Å². The molecule has 1 aromatic rings. The lowest BCUT2D eigenvalue weighted by molar-refractivity contribution is 0.152. The molecule has 1 aliphatic heterocycles. The van der Waals surface area contributed by atoms with Gasteiger partial charge in [0, 0.05) is 36.9 Å². The number of hydrogen-bond acceptors (Lipinski definition) is 3. The van der Waals surface area contributed by atoms with Gasteiger partial charge in [-0.2, -0.15) is 5.10 Å². The molecule has 1 saturated heterocycles. The van der Waals surface area contributed by atoms with E-state index >= 15 is 0 Å². The largest absolute Gasteiger partial charge is 0.310 e. The zero-order chi connectivity index (χ0) is 15.0. The molecule has 4 heteroatoms. The van der Waals surface area contributed by atoms with E-state index in [1.54, 1.807) is 0 Å². The number of rotatable bonds is 4. The molecule has 1 aliphatic carbocycles. The minimum absolute atomic E-state index is 0.297. The van der Waals surface area contributed by atoms with Crippen molar-refractivity contribution in [3.63, 3.8) is 0 Å². The third-order valence-electron chi connectivity index (χ3n) is 5.28. The van der Waals surface area contributed by atoms with Gasteiger partial charge < -0.3 is 5.32 Å². The second-order valence-electron chi connectivity index (χ2n) is 7.54. The second kappa shape index (κ2) is 5.73. The van der Waals surface area contributed by atoms with E-state index in [4.69, 9.17) is 5.10 Å². The van der Waals surface area contributed by atoms with E-state index in [1.807, 2.05) is 0 Å². The van der Waals surface area contributed by atoms with Gasteiger partial charge in [0.05, 0.1) is 5.69 Å². The molecule has 2 unspecified atom stereocenters. The Labute approximate surface area is 128 Å². The number of hydrogen-bond donors (Lipinski definition) is 1. The molecule has 1 N–H and O–H groups in total. The van der Waals surface area contributed by atoms with Crippen molar-refractivity contribution in [2.45, 2.75) is 71.1 Å². The third kappa shape index (κ3) is 3.32. The summed E-state index contributed by atoms with van der Waals surface area (Å²) in [5.41, 5.74) is 1.50. The molecule has 0 radical (unpaired) electrons. The molecule has 2 heterocycles. The van der Waals surface area contributed by atoms with Crippen LogP contribution in [0.2, 0.25) is 0 Å². The molecule has 118 valence electrons. The SMILES string of the molecule is CC1CCNC(C)(C2CC2)CN1Cc1ccn(C(C)C)n1. The molecule has 2 aliphatic rings. The van der Waals surface area contributed by atoms with Crippen molar-refractivity contribution in [2.24, 2.45) is 5.92 Å². The zero-order valence-corrected chi connectivity index (χ0v) is 14.0. The maximum Gasteiger partial charge on any atom is 0.0765 e. The van der Waals surface area contributed by atoms with Gasteiger partial charge in [-0.3, -0.25) is 9.58 Å². The Balaban J connectivity index is 1.71. The Hall–Kier alpha value is -0.870. The van der Waals surface area contributed by atoms with Gasteiger partial charge >= 0.3 is 0 Å². The van der Waals surface area contributed by atoms with Crippen LogP contribution in [0.15, 0.2) is 12.3 Å².